The van der Waals surface area contributed by atoms with Gasteiger partial charge in [-0.25, -0.2) is 8.78 Å². The summed E-state index contributed by atoms with van der Waals surface area (Å²) in [7, 11) is 1.72. The van der Waals surface area contributed by atoms with Crippen LogP contribution >= 0.6 is 0 Å². The summed E-state index contributed by atoms with van der Waals surface area (Å²) in [4.78, 5) is 0. The second-order valence-electron chi connectivity index (χ2n) is 4.70. The molecule has 1 atom stereocenters. The molecule has 0 bridgehead atoms. The van der Waals surface area contributed by atoms with Gasteiger partial charge in [-0.1, -0.05) is 6.07 Å². The maximum Gasteiger partial charge on any atom is 0.135 e. The lowest BCUT2D eigenvalue weighted by Gasteiger charge is -2.15. The molecule has 102 valence electrons. The molecule has 0 radical (unpaired) electrons. The van der Waals surface area contributed by atoms with Gasteiger partial charge >= 0.3 is 0 Å². The fourth-order valence-corrected chi connectivity index (χ4v) is 2.26. The Morgan fingerprint density at radius 3 is 2.32 bits per heavy atom. The van der Waals surface area contributed by atoms with Crippen LogP contribution in [0.5, 0.6) is 0 Å². The standard InChI is InChI=1S/C14H16F2N2O/c1-7-5-6-10(15)12(13(7)16)14(19)11-8(2)17-18(4)9(11)3/h5-6,14,19H,1-4H3. The number of aliphatic hydroxyl groups is 1. The van der Waals surface area contributed by atoms with E-state index in [1.54, 1.807) is 25.6 Å². The molecule has 1 heterocycles. The molecule has 19 heavy (non-hydrogen) atoms. The third-order valence-corrected chi connectivity index (χ3v) is 3.43. The van der Waals surface area contributed by atoms with Gasteiger partial charge in [-0.15, -0.1) is 0 Å². The summed E-state index contributed by atoms with van der Waals surface area (Å²) < 4.78 is 29.4. The molecule has 1 N–H and O–H groups in total. The Balaban J connectivity index is 2.62. The van der Waals surface area contributed by atoms with Crippen LogP contribution in [0.4, 0.5) is 8.78 Å². The lowest BCUT2D eigenvalue weighted by Crippen LogP contribution is -2.09. The summed E-state index contributed by atoms with van der Waals surface area (Å²) in [5.41, 5.74) is 1.68. The zero-order valence-corrected chi connectivity index (χ0v) is 11.3. The fraction of sp³-hybridized carbons (Fsp3) is 0.357. The third kappa shape index (κ3) is 2.14. The van der Waals surface area contributed by atoms with E-state index in [0.29, 0.717) is 22.5 Å². The summed E-state index contributed by atoms with van der Waals surface area (Å²) >= 11 is 0. The molecule has 1 aromatic heterocycles. The maximum atomic E-state index is 14.0. The van der Waals surface area contributed by atoms with Crippen molar-refractivity contribution in [3.05, 3.63) is 51.8 Å². The predicted octanol–water partition coefficient (Wildman–Crippen LogP) is 2.71. The van der Waals surface area contributed by atoms with Crippen molar-refractivity contribution in [3.63, 3.8) is 0 Å². The van der Waals surface area contributed by atoms with Crippen molar-refractivity contribution >= 4 is 0 Å². The first-order valence-corrected chi connectivity index (χ1v) is 5.97. The molecule has 0 saturated carbocycles. The van der Waals surface area contributed by atoms with E-state index in [2.05, 4.69) is 5.10 Å². The zero-order valence-electron chi connectivity index (χ0n) is 11.3. The Hall–Kier alpha value is -1.75. The number of hydrogen-bond acceptors (Lipinski definition) is 2. The van der Waals surface area contributed by atoms with E-state index in [1.807, 2.05) is 0 Å². The van der Waals surface area contributed by atoms with E-state index in [1.165, 1.54) is 13.0 Å². The second-order valence-corrected chi connectivity index (χ2v) is 4.70. The van der Waals surface area contributed by atoms with Crippen LogP contribution in [0.1, 0.15) is 34.2 Å². The number of rotatable bonds is 2. The highest BCUT2D eigenvalue weighted by Gasteiger charge is 2.26. The molecule has 1 unspecified atom stereocenters. The lowest BCUT2D eigenvalue weighted by molar-refractivity contribution is 0.207. The Bertz CT molecular complexity index is 635. The molecule has 5 heteroatoms. The van der Waals surface area contributed by atoms with E-state index < -0.39 is 17.7 Å². The van der Waals surface area contributed by atoms with Gasteiger partial charge in [-0.05, 0) is 32.4 Å². The largest absolute Gasteiger partial charge is 0.383 e. The van der Waals surface area contributed by atoms with Crippen LogP contribution in [0.15, 0.2) is 12.1 Å². The normalized spacial score (nSPS) is 12.8. The smallest absolute Gasteiger partial charge is 0.135 e. The van der Waals surface area contributed by atoms with Gasteiger partial charge in [0.15, 0.2) is 0 Å². The van der Waals surface area contributed by atoms with Gasteiger partial charge < -0.3 is 5.11 Å². The number of hydrogen-bond donors (Lipinski definition) is 1. The lowest BCUT2D eigenvalue weighted by atomic mass is 9.97. The van der Waals surface area contributed by atoms with Gasteiger partial charge in [0.25, 0.3) is 0 Å². The molecule has 2 rings (SSSR count). The van der Waals surface area contributed by atoms with Crippen molar-refractivity contribution in [2.24, 2.45) is 7.05 Å². The average molecular weight is 266 g/mol. The van der Waals surface area contributed by atoms with Crippen LogP contribution in [0.2, 0.25) is 0 Å². The summed E-state index contributed by atoms with van der Waals surface area (Å²) in [6.45, 7) is 5.00. The van der Waals surface area contributed by atoms with Gasteiger partial charge in [0, 0.05) is 18.3 Å². The Morgan fingerprint density at radius 2 is 1.79 bits per heavy atom. The molecule has 1 aromatic carbocycles. The Kier molecular flexibility index (Phi) is 3.41. The van der Waals surface area contributed by atoms with Crippen molar-refractivity contribution in [3.8, 4) is 0 Å². The molecule has 0 aliphatic carbocycles. The summed E-state index contributed by atoms with van der Waals surface area (Å²) in [6.07, 6.45) is -1.35. The van der Waals surface area contributed by atoms with E-state index in [0.717, 1.165) is 6.07 Å². The van der Waals surface area contributed by atoms with Gasteiger partial charge in [0.2, 0.25) is 0 Å². The number of halogens is 2. The molecule has 0 spiro atoms. The molecular formula is C14H16F2N2O. The van der Waals surface area contributed by atoms with Crippen LogP contribution in [0, 0.1) is 32.4 Å². The van der Waals surface area contributed by atoms with Gasteiger partial charge in [-0.3, -0.25) is 4.68 Å². The van der Waals surface area contributed by atoms with E-state index in [-0.39, 0.29) is 5.56 Å². The molecule has 0 fully saturated rings. The molecule has 0 amide bonds. The molecule has 0 saturated heterocycles. The average Bonchev–Trinajstić information content (AvgIpc) is 2.58. The first kappa shape index (κ1) is 13.7. The third-order valence-electron chi connectivity index (χ3n) is 3.43. The first-order valence-electron chi connectivity index (χ1n) is 5.97. The van der Waals surface area contributed by atoms with Crippen molar-refractivity contribution in [2.75, 3.05) is 0 Å². The summed E-state index contributed by atoms with van der Waals surface area (Å²) in [5.74, 6) is -1.46. The van der Waals surface area contributed by atoms with Gasteiger partial charge in [-0.2, -0.15) is 5.10 Å². The van der Waals surface area contributed by atoms with E-state index >= 15 is 0 Å². The quantitative estimate of drug-likeness (QED) is 0.907. The highest BCUT2D eigenvalue weighted by molar-refractivity contribution is 5.38. The monoisotopic (exact) mass is 266 g/mol. The van der Waals surface area contributed by atoms with Crippen LogP contribution in [-0.4, -0.2) is 14.9 Å². The van der Waals surface area contributed by atoms with Crippen LogP contribution in [0.3, 0.4) is 0 Å². The highest BCUT2D eigenvalue weighted by Crippen LogP contribution is 2.31. The number of nitrogens with zero attached hydrogens (tertiary/aromatic N) is 2. The van der Waals surface area contributed by atoms with Gasteiger partial charge in [0.1, 0.15) is 17.7 Å². The van der Waals surface area contributed by atoms with Crippen molar-refractivity contribution in [1.82, 2.24) is 9.78 Å². The minimum atomic E-state index is -1.35. The highest BCUT2D eigenvalue weighted by atomic mass is 19.1. The number of benzene rings is 1. The maximum absolute atomic E-state index is 14.0. The molecule has 2 aromatic rings. The molecule has 0 aliphatic heterocycles. The molecule has 3 nitrogen and oxygen atoms in total. The van der Waals surface area contributed by atoms with Gasteiger partial charge in [0.05, 0.1) is 11.3 Å². The second kappa shape index (κ2) is 4.74. The van der Waals surface area contributed by atoms with Crippen LogP contribution < -0.4 is 0 Å². The van der Waals surface area contributed by atoms with Crippen molar-refractivity contribution in [1.29, 1.82) is 0 Å². The minimum Gasteiger partial charge on any atom is -0.383 e. The molecular weight excluding hydrogens is 250 g/mol. The predicted molar refractivity (Wildman–Crippen MR) is 67.8 cm³/mol. The van der Waals surface area contributed by atoms with E-state index in [4.69, 9.17) is 0 Å². The first-order chi connectivity index (χ1) is 8.84. The van der Waals surface area contributed by atoms with Crippen molar-refractivity contribution < 1.29 is 13.9 Å². The molecule has 0 aliphatic rings. The van der Waals surface area contributed by atoms with Crippen molar-refractivity contribution in [2.45, 2.75) is 26.9 Å². The Morgan fingerprint density at radius 1 is 1.16 bits per heavy atom. The SMILES string of the molecule is Cc1ccc(F)c(C(O)c2c(C)nn(C)c2C)c1F. The minimum absolute atomic E-state index is 0.301. The summed E-state index contributed by atoms with van der Waals surface area (Å²) in [6, 6.07) is 2.52. The number of aliphatic hydroxyl groups excluding tert-OH is 1. The number of aromatic nitrogens is 2. The van der Waals surface area contributed by atoms with E-state index in [9.17, 15) is 13.9 Å². The Labute approximate surface area is 110 Å². The zero-order chi connectivity index (χ0) is 14.3. The van der Waals surface area contributed by atoms with Crippen LogP contribution in [-0.2, 0) is 7.05 Å². The van der Waals surface area contributed by atoms with Crippen LogP contribution in [0.25, 0.3) is 0 Å². The topological polar surface area (TPSA) is 38.1 Å². The fourth-order valence-electron chi connectivity index (χ4n) is 2.26. The summed E-state index contributed by atoms with van der Waals surface area (Å²) in [5, 5.41) is 14.5. The number of aryl methyl sites for hydroxylation is 3.